The Bertz CT molecular complexity index is 1060. The number of rotatable bonds is 6. The van der Waals surface area contributed by atoms with E-state index >= 15 is 0 Å². The molecule has 4 rings (SSSR count). The molecule has 3 aromatic rings. The van der Waals surface area contributed by atoms with Gasteiger partial charge in [-0.2, -0.15) is 5.26 Å². The molecule has 0 saturated carbocycles. The summed E-state index contributed by atoms with van der Waals surface area (Å²) >= 11 is 0. The van der Waals surface area contributed by atoms with Crippen LogP contribution in [-0.4, -0.2) is 55.4 Å². The van der Waals surface area contributed by atoms with Gasteiger partial charge in [0.1, 0.15) is 24.1 Å². The van der Waals surface area contributed by atoms with E-state index in [1.54, 1.807) is 6.20 Å². The highest BCUT2D eigenvalue weighted by Gasteiger charge is 2.21. The van der Waals surface area contributed by atoms with Gasteiger partial charge in [-0.3, -0.25) is 4.57 Å². The van der Waals surface area contributed by atoms with Gasteiger partial charge in [0.15, 0.2) is 0 Å². The topological polar surface area (TPSA) is 79.0 Å². The van der Waals surface area contributed by atoms with E-state index in [9.17, 15) is 5.26 Å². The number of hydrogen-bond donors (Lipinski definition) is 1. The Morgan fingerprint density at radius 3 is 2.76 bits per heavy atom. The Kier molecular flexibility index (Phi) is 5.54. The third-order valence-corrected chi connectivity index (χ3v) is 7.10. The summed E-state index contributed by atoms with van der Waals surface area (Å²) in [6.07, 6.45) is 3.65. The van der Waals surface area contributed by atoms with Crippen molar-refractivity contribution in [2.24, 2.45) is 0 Å². The minimum atomic E-state index is -1.14. The van der Waals surface area contributed by atoms with Crippen LogP contribution in [0, 0.1) is 11.3 Å². The molecule has 0 aromatic carbocycles. The van der Waals surface area contributed by atoms with E-state index in [0.717, 1.165) is 66.5 Å². The summed E-state index contributed by atoms with van der Waals surface area (Å²) in [5, 5.41) is 14.9. The number of nitrogens with zero attached hydrogens (tertiary/aromatic N) is 5. The second-order valence-corrected chi connectivity index (χ2v) is 14.4. The van der Waals surface area contributed by atoms with Crippen LogP contribution in [0.1, 0.15) is 5.69 Å². The first kappa shape index (κ1) is 19.8. The zero-order chi connectivity index (χ0) is 20.4. The smallest absolute Gasteiger partial charge is 0.145 e. The molecule has 1 N–H and O–H groups in total. The monoisotopic (exact) mass is 408 g/mol. The fourth-order valence-corrected chi connectivity index (χ4v) is 4.53. The first-order chi connectivity index (χ1) is 14.0. The zero-order valence-electron chi connectivity index (χ0n) is 17.4. The largest absolute Gasteiger partial charge is 0.368 e. The van der Waals surface area contributed by atoms with Gasteiger partial charge in [0.25, 0.3) is 0 Å². The molecule has 1 aliphatic rings. The Balaban J connectivity index is 1.79. The molecule has 3 aromatic heterocycles. The standard InChI is InChI=1S/C21H28N6OSi/c1-29(2,3)11-10-28-15-27-19-14-25-16(13-22)12-17(19)20-18(4-5-24-21(20)27)26-8-6-23-7-9-26/h4-5,12,14,23H,6-11,15H2,1-3H3. The van der Waals surface area contributed by atoms with Gasteiger partial charge in [0.05, 0.1) is 22.8 Å². The summed E-state index contributed by atoms with van der Waals surface area (Å²) in [6.45, 7) is 12.1. The summed E-state index contributed by atoms with van der Waals surface area (Å²) < 4.78 is 8.15. The van der Waals surface area contributed by atoms with Gasteiger partial charge < -0.3 is 15.0 Å². The number of nitrogens with one attached hydrogen (secondary N) is 1. The molecular weight excluding hydrogens is 380 g/mol. The first-order valence-corrected chi connectivity index (χ1v) is 13.9. The van der Waals surface area contributed by atoms with E-state index in [2.05, 4.69) is 51.5 Å². The van der Waals surface area contributed by atoms with Crippen molar-refractivity contribution < 1.29 is 4.74 Å². The van der Waals surface area contributed by atoms with E-state index in [4.69, 9.17) is 9.72 Å². The van der Waals surface area contributed by atoms with E-state index in [-0.39, 0.29) is 0 Å². The summed E-state index contributed by atoms with van der Waals surface area (Å²) in [5.41, 5.74) is 3.44. The number of fused-ring (bicyclic) bond motifs is 3. The maximum atomic E-state index is 9.37. The van der Waals surface area contributed by atoms with Crippen LogP contribution in [0.4, 0.5) is 5.69 Å². The van der Waals surface area contributed by atoms with E-state index in [1.165, 1.54) is 0 Å². The number of aromatic nitrogens is 3. The fourth-order valence-electron chi connectivity index (χ4n) is 3.78. The van der Waals surface area contributed by atoms with Crippen molar-refractivity contribution in [3.05, 3.63) is 30.2 Å². The molecule has 8 heteroatoms. The first-order valence-electron chi connectivity index (χ1n) is 10.2. The van der Waals surface area contributed by atoms with Gasteiger partial charge in [0, 0.05) is 52.4 Å². The Morgan fingerprint density at radius 1 is 1.24 bits per heavy atom. The Hall–Kier alpha value is -2.47. The molecule has 0 amide bonds. The average Bonchev–Trinajstić information content (AvgIpc) is 3.04. The van der Waals surface area contributed by atoms with Gasteiger partial charge in [0.2, 0.25) is 0 Å². The molecule has 0 bridgehead atoms. The van der Waals surface area contributed by atoms with E-state index in [1.807, 2.05) is 12.3 Å². The van der Waals surface area contributed by atoms with Crippen LogP contribution in [-0.2, 0) is 11.5 Å². The van der Waals surface area contributed by atoms with Crippen molar-refractivity contribution in [2.75, 3.05) is 37.7 Å². The highest BCUT2D eigenvalue weighted by atomic mass is 28.3. The molecule has 0 radical (unpaired) electrons. The SMILES string of the molecule is C[Si](C)(C)CCOCn1c2cnc(C#N)cc2c2c(N3CCNCC3)ccnc21. The predicted molar refractivity (Wildman–Crippen MR) is 119 cm³/mol. The highest BCUT2D eigenvalue weighted by molar-refractivity contribution is 6.76. The van der Waals surface area contributed by atoms with Crippen molar-refractivity contribution in [1.82, 2.24) is 19.9 Å². The maximum Gasteiger partial charge on any atom is 0.145 e. The molecule has 0 spiro atoms. The molecule has 4 heterocycles. The lowest BCUT2D eigenvalue weighted by atomic mass is 10.1. The summed E-state index contributed by atoms with van der Waals surface area (Å²) in [6, 6.07) is 7.25. The van der Waals surface area contributed by atoms with Crippen LogP contribution in [0.5, 0.6) is 0 Å². The normalized spacial score (nSPS) is 15.2. The van der Waals surface area contributed by atoms with Gasteiger partial charge in [-0.25, -0.2) is 9.97 Å². The van der Waals surface area contributed by atoms with Crippen LogP contribution in [0.25, 0.3) is 21.9 Å². The molecule has 29 heavy (non-hydrogen) atoms. The minimum absolute atomic E-state index is 0.423. The predicted octanol–water partition coefficient (Wildman–Crippen LogP) is 3.18. The van der Waals surface area contributed by atoms with Gasteiger partial charge in [-0.15, -0.1) is 0 Å². The number of ether oxygens (including phenoxy) is 1. The number of piperazine rings is 1. The van der Waals surface area contributed by atoms with Crippen molar-refractivity contribution in [3.8, 4) is 6.07 Å². The van der Waals surface area contributed by atoms with Crippen LogP contribution in [0.2, 0.25) is 25.7 Å². The summed E-state index contributed by atoms with van der Waals surface area (Å²) in [7, 11) is -1.14. The molecule has 152 valence electrons. The molecule has 0 unspecified atom stereocenters. The zero-order valence-corrected chi connectivity index (χ0v) is 18.4. The van der Waals surface area contributed by atoms with Crippen LogP contribution in [0.3, 0.4) is 0 Å². The van der Waals surface area contributed by atoms with Crippen molar-refractivity contribution in [2.45, 2.75) is 32.4 Å². The van der Waals surface area contributed by atoms with Gasteiger partial charge in [-0.05, 0) is 18.2 Å². The van der Waals surface area contributed by atoms with Crippen molar-refractivity contribution in [3.63, 3.8) is 0 Å². The van der Waals surface area contributed by atoms with E-state index in [0.29, 0.717) is 12.4 Å². The molecular formula is C21H28N6OSi. The highest BCUT2D eigenvalue weighted by Crippen LogP contribution is 2.35. The molecule has 7 nitrogen and oxygen atoms in total. The van der Waals surface area contributed by atoms with E-state index < -0.39 is 8.07 Å². The van der Waals surface area contributed by atoms with Crippen LogP contribution >= 0.6 is 0 Å². The third-order valence-electron chi connectivity index (χ3n) is 5.40. The number of anilines is 1. The second-order valence-electron chi connectivity index (χ2n) is 8.74. The lowest BCUT2D eigenvalue weighted by Gasteiger charge is -2.30. The molecule has 0 atom stereocenters. The summed E-state index contributed by atoms with van der Waals surface area (Å²) in [4.78, 5) is 11.4. The second kappa shape index (κ2) is 8.11. The van der Waals surface area contributed by atoms with Crippen LogP contribution in [0.15, 0.2) is 24.5 Å². The molecule has 1 saturated heterocycles. The summed E-state index contributed by atoms with van der Waals surface area (Å²) in [5.74, 6) is 0. The third kappa shape index (κ3) is 4.12. The van der Waals surface area contributed by atoms with Crippen molar-refractivity contribution >= 4 is 35.7 Å². The Morgan fingerprint density at radius 2 is 2.03 bits per heavy atom. The number of nitriles is 1. The van der Waals surface area contributed by atoms with Crippen LogP contribution < -0.4 is 10.2 Å². The van der Waals surface area contributed by atoms with Gasteiger partial charge in [-0.1, -0.05) is 19.6 Å². The van der Waals surface area contributed by atoms with Crippen molar-refractivity contribution in [1.29, 1.82) is 5.26 Å². The number of hydrogen-bond acceptors (Lipinski definition) is 6. The quantitative estimate of drug-likeness (QED) is 0.498. The lowest BCUT2D eigenvalue weighted by molar-refractivity contribution is 0.0925. The van der Waals surface area contributed by atoms with Gasteiger partial charge >= 0.3 is 0 Å². The molecule has 1 aliphatic heterocycles. The minimum Gasteiger partial charge on any atom is -0.368 e. The molecule has 0 aliphatic carbocycles. The number of pyridine rings is 2. The fraction of sp³-hybridized carbons (Fsp3) is 0.476. The maximum absolute atomic E-state index is 9.37. The molecule has 1 fully saturated rings. The lowest BCUT2D eigenvalue weighted by Crippen LogP contribution is -2.43. The average molecular weight is 409 g/mol. The Labute approximate surface area is 172 Å².